The number of piperidine rings is 1. The second kappa shape index (κ2) is 8.74. The third-order valence-corrected chi connectivity index (χ3v) is 6.76. The van der Waals surface area contributed by atoms with Gasteiger partial charge in [-0.2, -0.15) is 0 Å². The molecule has 0 spiro atoms. The lowest BCUT2D eigenvalue weighted by molar-refractivity contribution is 0.0422. The average Bonchev–Trinajstić information content (AvgIpc) is 3.28. The summed E-state index contributed by atoms with van der Waals surface area (Å²) in [7, 11) is 0. The number of hydrogen-bond acceptors (Lipinski definition) is 5. The summed E-state index contributed by atoms with van der Waals surface area (Å²) < 4.78 is 0. The van der Waals surface area contributed by atoms with E-state index in [1.54, 1.807) is 12.1 Å². The second-order valence-corrected chi connectivity index (χ2v) is 8.75. The van der Waals surface area contributed by atoms with Gasteiger partial charge in [-0.1, -0.05) is 17.7 Å². The first kappa shape index (κ1) is 19.6. The SMILES string of the molecule is O=C(c1ccc(Cl)cc1)C1CCNC(N2CCN(C(=O)c3cccs3)CC2)C1. The lowest BCUT2D eigenvalue weighted by atomic mass is 9.87. The molecule has 0 aliphatic carbocycles. The molecule has 5 nitrogen and oxygen atoms in total. The van der Waals surface area contributed by atoms with E-state index in [0.717, 1.165) is 56.0 Å². The van der Waals surface area contributed by atoms with E-state index >= 15 is 0 Å². The smallest absolute Gasteiger partial charge is 0.264 e. The zero-order valence-corrected chi connectivity index (χ0v) is 17.2. The maximum absolute atomic E-state index is 12.9. The summed E-state index contributed by atoms with van der Waals surface area (Å²) in [6.45, 7) is 3.95. The highest BCUT2D eigenvalue weighted by atomic mass is 35.5. The summed E-state index contributed by atoms with van der Waals surface area (Å²) in [5.41, 5.74) is 0.737. The van der Waals surface area contributed by atoms with Crippen LogP contribution in [0.15, 0.2) is 41.8 Å². The van der Waals surface area contributed by atoms with E-state index in [-0.39, 0.29) is 23.8 Å². The Labute approximate surface area is 174 Å². The van der Waals surface area contributed by atoms with Gasteiger partial charge < -0.3 is 10.2 Å². The minimum absolute atomic E-state index is 0.0261. The molecule has 1 amide bonds. The van der Waals surface area contributed by atoms with Gasteiger partial charge in [0.1, 0.15) is 0 Å². The largest absolute Gasteiger partial charge is 0.335 e. The second-order valence-electron chi connectivity index (χ2n) is 7.37. The Morgan fingerprint density at radius 3 is 2.50 bits per heavy atom. The van der Waals surface area contributed by atoms with Crippen molar-refractivity contribution in [2.45, 2.75) is 19.0 Å². The number of ketones is 1. The van der Waals surface area contributed by atoms with Crippen molar-refractivity contribution in [3.8, 4) is 0 Å². The van der Waals surface area contributed by atoms with Crippen molar-refractivity contribution in [1.29, 1.82) is 0 Å². The third kappa shape index (κ3) is 4.30. The number of thiophene rings is 1. The van der Waals surface area contributed by atoms with Crippen molar-refractivity contribution >= 4 is 34.6 Å². The van der Waals surface area contributed by atoms with Gasteiger partial charge in [0.05, 0.1) is 11.0 Å². The molecule has 0 bridgehead atoms. The van der Waals surface area contributed by atoms with Crippen molar-refractivity contribution < 1.29 is 9.59 Å². The van der Waals surface area contributed by atoms with Crippen molar-refractivity contribution in [1.82, 2.24) is 15.1 Å². The number of amides is 1. The molecule has 2 atom stereocenters. The molecule has 2 unspecified atom stereocenters. The summed E-state index contributed by atoms with van der Waals surface area (Å²) in [4.78, 5) is 30.5. The number of halogens is 1. The average molecular weight is 418 g/mol. The van der Waals surface area contributed by atoms with Crippen LogP contribution in [0.2, 0.25) is 5.02 Å². The number of nitrogens with one attached hydrogen (secondary N) is 1. The van der Waals surface area contributed by atoms with Gasteiger partial charge in [-0.3, -0.25) is 14.5 Å². The summed E-state index contributed by atoms with van der Waals surface area (Å²) in [6, 6.07) is 11.0. The molecule has 1 N–H and O–H groups in total. The Hall–Kier alpha value is -1.73. The highest BCUT2D eigenvalue weighted by Gasteiger charge is 2.33. The molecule has 28 heavy (non-hydrogen) atoms. The van der Waals surface area contributed by atoms with E-state index < -0.39 is 0 Å². The van der Waals surface area contributed by atoms with Crippen LogP contribution in [0, 0.1) is 5.92 Å². The first-order valence-electron chi connectivity index (χ1n) is 9.72. The first-order chi connectivity index (χ1) is 13.6. The molecule has 0 saturated carbocycles. The Bertz CT molecular complexity index is 817. The predicted molar refractivity (Wildman–Crippen MR) is 112 cm³/mol. The molecule has 2 saturated heterocycles. The van der Waals surface area contributed by atoms with Gasteiger partial charge in [-0.05, 0) is 55.1 Å². The lowest BCUT2D eigenvalue weighted by Crippen LogP contribution is -2.58. The van der Waals surface area contributed by atoms with Gasteiger partial charge in [-0.15, -0.1) is 11.3 Å². The molecule has 3 heterocycles. The van der Waals surface area contributed by atoms with Crippen LogP contribution in [0.4, 0.5) is 0 Å². The van der Waals surface area contributed by atoms with Gasteiger partial charge >= 0.3 is 0 Å². The normalized spacial score (nSPS) is 23.5. The van der Waals surface area contributed by atoms with Gasteiger partial charge in [0.15, 0.2) is 5.78 Å². The number of nitrogens with zero attached hydrogens (tertiary/aromatic N) is 2. The molecule has 148 valence electrons. The summed E-state index contributed by atoms with van der Waals surface area (Å²) >= 11 is 7.43. The summed E-state index contributed by atoms with van der Waals surface area (Å²) in [5, 5.41) is 6.14. The standard InChI is InChI=1S/C21H24ClN3O2S/c22-17-5-3-15(4-6-17)20(26)16-7-8-23-19(14-16)24-9-11-25(12-10-24)21(27)18-2-1-13-28-18/h1-6,13,16,19,23H,7-12,14H2. The van der Waals surface area contributed by atoms with Gasteiger partial charge in [0.2, 0.25) is 0 Å². The van der Waals surface area contributed by atoms with Crippen LogP contribution in [0.1, 0.15) is 32.9 Å². The Morgan fingerprint density at radius 2 is 1.82 bits per heavy atom. The minimum atomic E-state index is 0.0261. The van der Waals surface area contributed by atoms with Crippen LogP contribution in [-0.2, 0) is 0 Å². The van der Waals surface area contributed by atoms with Crippen molar-refractivity contribution in [3.63, 3.8) is 0 Å². The third-order valence-electron chi connectivity index (χ3n) is 5.65. The molecule has 4 rings (SSSR count). The maximum Gasteiger partial charge on any atom is 0.264 e. The number of carbonyl (C=O) groups is 2. The number of piperazine rings is 1. The minimum Gasteiger partial charge on any atom is -0.335 e. The molecule has 1 aromatic carbocycles. The van der Waals surface area contributed by atoms with E-state index in [1.165, 1.54) is 11.3 Å². The fourth-order valence-electron chi connectivity index (χ4n) is 4.05. The molecule has 1 aromatic heterocycles. The van der Waals surface area contributed by atoms with Gasteiger partial charge in [0.25, 0.3) is 5.91 Å². The molecule has 0 radical (unpaired) electrons. The Kier molecular flexibility index (Phi) is 6.11. The molecule has 2 aromatic rings. The number of rotatable bonds is 4. The highest BCUT2D eigenvalue weighted by Crippen LogP contribution is 2.25. The van der Waals surface area contributed by atoms with Gasteiger partial charge in [0, 0.05) is 42.7 Å². The quantitative estimate of drug-likeness (QED) is 0.775. The zero-order valence-electron chi connectivity index (χ0n) is 15.6. The Balaban J connectivity index is 1.33. The zero-order chi connectivity index (χ0) is 19.5. The molecular formula is C21H24ClN3O2S. The number of carbonyl (C=O) groups excluding carboxylic acids is 2. The van der Waals surface area contributed by atoms with Crippen molar-refractivity contribution in [2.75, 3.05) is 32.7 Å². The Morgan fingerprint density at radius 1 is 1.07 bits per heavy atom. The van der Waals surface area contributed by atoms with E-state index in [4.69, 9.17) is 11.6 Å². The van der Waals surface area contributed by atoms with Crippen molar-refractivity contribution in [3.05, 3.63) is 57.2 Å². The summed E-state index contributed by atoms with van der Waals surface area (Å²) in [6.07, 6.45) is 1.85. The van der Waals surface area contributed by atoms with E-state index in [1.807, 2.05) is 34.5 Å². The fourth-order valence-corrected chi connectivity index (χ4v) is 4.87. The van der Waals surface area contributed by atoms with Crippen molar-refractivity contribution in [2.24, 2.45) is 5.92 Å². The van der Waals surface area contributed by atoms with Crippen LogP contribution in [0.5, 0.6) is 0 Å². The summed E-state index contributed by atoms with van der Waals surface area (Å²) in [5.74, 6) is 0.356. The molecule has 2 aliphatic rings. The monoisotopic (exact) mass is 417 g/mol. The fraction of sp³-hybridized carbons (Fsp3) is 0.429. The molecule has 2 fully saturated rings. The van der Waals surface area contributed by atoms with Crippen LogP contribution >= 0.6 is 22.9 Å². The van der Waals surface area contributed by atoms with Crippen LogP contribution in [-0.4, -0.2) is 60.4 Å². The first-order valence-corrected chi connectivity index (χ1v) is 11.0. The molecular weight excluding hydrogens is 394 g/mol. The van der Waals surface area contributed by atoms with E-state index in [0.29, 0.717) is 5.02 Å². The number of hydrogen-bond donors (Lipinski definition) is 1. The molecule has 2 aliphatic heterocycles. The van der Waals surface area contributed by atoms with Gasteiger partial charge in [-0.25, -0.2) is 0 Å². The maximum atomic E-state index is 12.9. The van der Waals surface area contributed by atoms with Crippen LogP contribution < -0.4 is 5.32 Å². The predicted octanol–water partition coefficient (Wildman–Crippen LogP) is 3.37. The lowest BCUT2D eigenvalue weighted by Gasteiger charge is -2.42. The topological polar surface area (TPSA) is 52.7 Å². The van der Waals surface area contributed by atoms with Crippen LogP contribution in [0.3, 0.4) is 0 Å². The van der Waals surface area contributed by atoms with E-state index in [2.05, 4.69) is 10.2 Å². The number of Topliss-reactive ketones (excluding diaryl/α,β-unsaturated/α-hetero) is 1. The van der Waals surface area contributed by atoms with Crippen LogP contribution in [0.25, 0.3) is 0 Å². The highest BCUT2D eigenvalue weighted by molar-refractivity contribution is 7.12. The molecule has 7 heteroatoms. The van der Waals surface area contributed by atoms with E-state index in [9.17, 15) is 9.59 Å². The number of benzene rings is 1.